The summed E-state index contributed by atoms with van der Waals surface area (Å²) in [5, 5.41) is 0. The van der Waals surface area contributed by atoms with E-state index in [1.165, 1.54) is 0 Å². The van der Waals surface area contributed by atoms with Gasteiger partial charge < -0.3 is 14.4 Å². The first-order chi connectivity index (χ1) is 6.76. The number of hydrogen-bond donors (Lipinski definition) is 0. The van der Waals surface area contributed by atoms with Gasteiger partial charge in [0.2, 0.25) is 0 Å². The van der Waals surface area contributed by atoms with Crippen molar-refractivity contribution in [2.24, 2.45) is 0 Å². The van der Waals surface area contributed by atoms with Crippen LogP contribution in [0.3, 0.4) is 0 Å². The summed E-state index contributed by atoms with van der Waals surface area (Å²) < 4.78 is 10.3. The first-order valence-electron chi connectivity index (χ1n) is 5.56. The second kappa shape index (κ2) is 9.44. The Balaban J connectivity index is 3.37. The van der Waals surface area contributed by atoms with Crippen LogP contribution in [0.25, 0.3) is 0 Å². The third-order valence-electron chi connectivity index (χ3n) is 2.55. The first kappa shape index (κ1) is 13.9. The van der Waals surface area contributed by atoms with E-state index >= 15 is 0 Å². The molecule has 1 unspecified atom stereocenters. The normalized spacial score (nSPS) is 13.5. The van der Waals surface area contributed by atoms with Gasteiger partial charge in [-0.1, -0.05) is 13.8 Å². The summed E-state index contributed by atoms with van der Waals surface area (Å²) in [5.74, 6) is 0. The molecule has 1 atom stereocenters. The highest BCUT2D eigenvalue weighted by atomic mass is 16.5. The van der Waals surface area contributed by atoms with E-state index in [1.807, 2.05) is 0 Å². The molecular formula is C11H25NO2. The molecule has 0 aromatic heterocycles. The summed E-state index contributed by atoms with van der Waals surface area (Å²) in [4.78, 5) is 2.44. The van der Waals surface area contributed by atoms with Crippen LogP contribution in [0.2, 0.25) is 0 Å². The highest BCUT2D eigenvalue weighted by Crippen LogP contribution is 2.02. The molecule has 0 rings (SSSR count). The van der Waals surface area contributed by atoms with Gasteiger partial charge in [-0.05, 0) is 26.4 Å². The Bertz CT molecular complexity index is 116. The van der Waals surface area contributed by atoms with Gasteiger partial charge in [-0.15, -0.1) is 0 Å². The van der Waals surface area contributed by atoms with Crippen molar-refractivity contribution in [2.45, 2.75) is 33.2 Å². The molecule has 0 fully saturated rings. The zero-order chi connectivity index (χ0) is 10.8. The van der Waals surface area contributed by atoms with E-state index in [0.29, 0.717) is 19.3 Å². The maximum Gasteiger partial charge on any atom is 0.0700 e. The van der Waals surface area contributed by atoms with Gasteiger partial charge in [-0.2, -0.15) is 0 Å². The Morgan fingerprint density at radius 3 is 2.21 bits per heavy atom. The van der Waals surface area contributed by atoms with E-state index in [0.717, 1.165) is 26.1 Å². The predicted octanol–water partition coefficient (Wildman–Crippen LogP) is 1.77. The van der Waals surface area contributed by atoms with Gasteiger partial charge in [0, 0.05) is 19.8 Å². The van der Waals surface area contributed by atoms with Crippen LogP contribution in [0.15, 0.2) is 0 Å². The summed E-state index contributed by atoms with van der Waals surface area (Å²) in [7, 11) is 1.70. The van der Waals surface area contributed by atoms with Crippen molar-refractivity contribution in [1.82, 2.24) is 4.90 Å². The van der Waals surface area contributed by atoms with E-state index in [-0.39, 0.29) is 0 Å². The van der Waals surface area contributed by atoms with Crippen LogP contribution < -0.4 is 0 Å². The number of rotatable bonds is 9. The SMILES string of the molecule is CCN(CC)C(C)CCOCCOC. The van der Waals surface area contributed by atoms with E-state index in [1.54, 1.807) is 7.11 Å². The molecule has 14 heavy (non-hydrogen) atoms. The highest BCUT2D eigenvalue weighted by molar-refractivity contribution is 4.63. The molecule has 0 N–H and O–H groups in total. The topological polar surface area (TPSA) is 21.7 Å². The molecule has 3 nitrogen and oxygen atoms in total. The predicted molar refractivity (Wildman–Crippen MR) is 59.7 cm³/mol. The summed E-state index contributed by atoms with van der Waals surface area (Å²) in [6.07, 6.45) is 1.10. The fourth-order valence-electron chi connectivity index (χ4n) is 1.53. The smallest absolute Gasteiger partial charge is 0.0700 e. The zero-order valence-electron chi connectivity index (χ0n) is 10.1. The quantitative estimate of drug-likeness (QED) is 0.533. The Morgan fingerprint density at radius 2 is 1.71 bits per heavy atom. The average Bonchev–Trinajstić information content (AvgIpc) is 2.19. The van der Waals surface area contributed by atoms with Crippen molar-refractivity contribution < 1.29 is 9.47 Å². The lowest BCUT2D eigenvalue weighted by atomic mass is 10.2. The van der Waals surface area contributed by atoms with E-state index in [9.17, 15) is 0 Å². The van der Waals surface area contributed by atoms with E-state index in [4.69, 9.17) is 9.47 Å². The average molecular weight is 203 g/mol. The van der Waals surface area contributed by atoms with Crippen LogP contribution in [0.4, 0.5) is 0 Å². The summed E-state index contributed by atoms with van der Waals surface area (Å²) >= 11 is 0. The molecule has 0 aliphatic rings. The van der Waals surface area contributed by atoms with Crippen molar-refractivity contribution in [1.29, 1.82) is 0 Å². The van der Waals surface area contributed by atoms with Crippen molar-refractivity contribution in [3.05, 3.63) is 0 Å². The van der Waals surface area contributed by atoms with Crippen molar-refractivity contribution in [2.75, 3.05) is 40.0 Å². The van der Waals surface area contributed by atoms with E-state index < -0.39 is 0 Å². The second-order valence-corrected chi connectivity index (χ2v) is 3.46. The third-order valence-corrected chi connectivity index (χ3v) is 2.55. The lowest BCUT2D eigenvalue weighted by Crippen LogP contribution is -2.33. The summed E-state index contributed by atoms with van der Waals surface area (Å²) in [6.45, 7) is 11.1. The molecule has 0 aliphatic carbocycles. The Morgan fingerprint density at radius 1 is 1.07 bits per heavy atom. The maximum atomic E-state index is 5.43. The van der Waals surface area contributed by atoms with Gasteiger partial charge in [0.15, 0.2) is 0 Å². The molecule has 0 saturated heterocycles. The fourth-order valence-corrected chi connectivity index (χ4v) is 1.53. The zero-order valence-corrected chi connectivity index (χ0v) is 10.1. The van der Waals surface area contributed by atoms with Gasteiger partial charge in [0.05, 0.1) is 13.2 Å². The molecule has 3 heteroatoms. The minimum atomic E-state index is 0.618. The lowest BCUT2D eigenvalue weighted by Gasteiger charge is -2.26. The summed E-state index contributed by atoms with van der Waals surface area (Å²) in [6, 6.07) is 0.618. The number of ether oxygens (including phenoxy) is 2. The van der Waals surface area contributed by atoms with Crippen molar-refractivity contribution in [3.63, 3.8) is 0 Å². The van der Waals surface area contributed by atoms with Gasteiger partial charge >= 0.3 is 0 Å². The van der Waals surface area contributed by atoms with Crippen LogP contribution >= 0.6 is 0 Å². The van der Waals surface area contributed by atoms with Crippen LogP contribution in [-0.2, 0) is 9.47 Å². The lowest BCUT2D eigenvalue weighted by molar-refractivity contribution is 0.0584. The molecule has 0 spiro atoms. The van der Waals surface area contributed by atoms with Crippen LogP contribution in [0.5, 0.6) is 0 Å². The summed E-state index contributed by atoms with van der Waals surface area (Å²) in [5.41, 5.74) is 0. The van der Waals surface area contributed by atoms with Gasteiger partial charge in [0.1, 0.15) is 0 Å². The van der Waals surface area contributed by atoms with Gasteiger partial charge in [-0.3, -0.25) is 0 Å². The molecule has 0 amide bonds. The van der Waals surface area contributed by atoms with Crippen molar-refractivity contribution >= 4 is 0 Å². The molecule has 0 bridgehead atoms. The van der Waals surface area contributed by atoms with Gasteiger partial charge in [0.25, 0.3) is 0 Å². The minimum Gasteiger partial charge on any atom is -0.382 e. The molecule has 0 aromatic rings. The Hall–Kier alpha value is -0.120. The maximum absolute atomic E-state index is 5.43. The van der Waals surface area contributed by atoms with Crippen LogP contribution in [0.1, 0.15) is 27.2 Å². The van der Waals surface area contributed by atoms with Crippen LogP contribution in [-0.4, -0.2) is 51.0 Å². The Labute approximate surface area is 88.4 Å². The molecule has 0 aromatic carbocycles. The number of hydrogen-bond acceptors (Lipinski definition) is 3. The van der Waals surface area contributed by atoms with Crippen molar-refractivity contribution in [3.8, 4) is 0 Å². The van der Waals surface area contributed by atoms with E-state index in [2.05, 4.69) is 25.7 Å². The molecule has 0 saturated carbocycles. The highest BCUT2D eigenvalue weighted by Gasteiger charge is 2.08. The third kappa shape index (κ3) is 6.35. The molecule has 0 aliphatic heterocycles. The molecular weight excluding hydrogens is 178 g/mol. The first-order valence-corrected chi connectivity index (χ1v) is 5.56. The molecule has 0 heterocycles. The molecule has 86 valence electrons. The fraction of sp³-hybridized carbons (Fsp3) is 1.00. The number of methoxy groups -OCH3 is 1. The second-order valence-electron chi connectivity index (χ2n) is 3.46. The standard InChI is InChI=1S/C11H25NO2/c1-5-12(6-2)11(3)7-8-14-10-9-13-4/h11H,5-10H2,1-4H3. The largest absolute Gasteiger partial charge is 0.382 e. The monoisotopic (exact) mass is 203 g/mol. The van der Waals surface area contributed by atoms with Gasteiger partial charge in [-0.25, -0.2) is 0 Å². The Kier molecular flexibility index (Phi) is 9.35. The molecule has 0 radical (unpaired) electrons. The van der Waals surface area contributed by atoms with Crippen LogP contribution in [0, 0.1) is 0 Å². The number of nitrogens with zero attached hydrogens (tertiary/aromatic N) is 1. The minimum absolute atomic E-state index is 0.618.